The lowest BCUT2D eigenvalue weighted by Crippen LogP contribution is -2.26. The highest BCUT2D eigenvalue weighted by Crippen LogP contribution is 2.32. The fraction of sp³-hybridized carbons (Fsp3) is 0.579. The van der Waals surface area contributed by atoms with E-state index in [0.29, 0.717) is 6.54 Å². The number of hydrogen-bond donors (Lipinski definition) is 0. The zero-order chi connectivity index (χ0) is 18.1. The number of benzene rings is 1. The molecule has 0 bridgehead atoms. The monoisotopic (exact) mass is 359 g/mol. The van der Waals surface area contributed by atoms with Gasteiger partial charge in [0.25, 0.3) is 0 Å². The van der Waals surface area contributed by atoms with E-state index in [1.54, 1.807) is 17.9 Å². The molecular weight excluding hydrogens is 333 g/mol. The maximum absolute atomic E-state index is 14.6. The van der Waals surface area contributed by atoms with Gasteiger partial charge in [-0.25, -0.2) is 4.39 Å². The summed E-state index contributed by atoms with van der Waals surface area (Å²) in [6.45, 7) is 4.18. The van der Waals surface area contributed by atoms with Gasteiger partial charge in [-0.05, 0) is 25.0 Å². The quantitative estimate of drug-likeness (QED) is 0.819. The number of aromatic nitrogens is 3. The summed E-state index contributed by atoms with van der Waals surface area (Å²) in [7, 11) is 3.60. The molecule has 2 atom stereocenters. The molecule has 0 spiro atoms. The van der Waals surface area contributed by atoms with Gasteiger partial charge in [0.15, 0.2) is 0 Å². The van der Waals surface area contributed by atoms with Crippen molar-refractivity contribution >= 4 is 5.69 Å². The van der Waals surface area contributed by atoms with E-state index in [1.165, 1.54) is 12.8 Å². The summed E-state index contributed by atoms with van der Waals surface area (Å²) < 4.78 is 22.1. The minimum Gasteiger partial charge on any atom is -0.379 e. The second-order valence-corrected chi connectivity index (χ2v) is 7.32. The minimum atomic E-state index is -0.119. The fourth-order valence-electron chi connectivity index (χ4n) is 4.22. The van der Waals surface area contributed by atoms with Crippen molar-refractivity contribution < 1.29 is 9.13 Å². The van der Waals surface area contributed by atoms with Crippen LogP contribution in [0, 0.1) is 5.82 Å². The summed E-state index contributed by atoms with van der Waals surface area (Å²) in [6, 6.07) is 5.43. The zero-order valence-corrected chi connectivity index (χ0v) is 15.4. The van der Waals surface area contributed by atoms with Crippen molar-refractivity contribution in [1.29, 1.82) is 0 Å². The maximum atomic E-state index is 14.6. The molecule has 2 saturated heterocycles. The number of aryl methyl sites for hydroxylation is 1. The van der Waals surface area contributed by atoms with Crippen LogP contribution in [0.1, 0.15) is 30.0 Å². The van der Waals surface area contributed by atoms with Gasteiger partial charge in [0.05, 0.1) is 11.8 Å². The molecule has 4 rings (SSSR count). The van der Waals surface area contributed by atoms with Crippen LogP contribution < -0.4 is 4.90 Å². The molecule has 0 unspecified atom stereocenters. The Morgan fingerprint density at radius 1 is 1.23 bits per heavy atom. The van der Waals surface area contributed by atoms with Crippen LogP contribution in [-0.4, -0.2) is 59.3 Å². The first-order valence-corrected chi connectivity index (χ1v) is 9.29. The van der Waals surface area contributed by atoms with Gasteiger partial charge in [-0.15, -0.1) is 5.10 Å². The van der Waals surface area contributed by atoms with Crippen LogP contribution in [-0.2, 0) is 18.3 Å². The van der Waals surface area contributed by atoms with Gasteiger partial charge in [0.2, 0.25) is 0 Å². The Morgan fingerprint density at radius 3 is 2.73 bits per heavy atom. The number of ether oxygens (including phenoxy) is 1. The Hall–Kier alpha value is -1.99. The molecule has 0 saturated carbocycles. The highest BCUT2D eigenvalue weighted by Gasteiger charge is 2.36. The number of methoxy groups -OCH3 is 1. The van der Waals surface area contributed by atoms with Gasteiger partial charge in [-0.2, -0.15) is 0 Å². The van der Waals surface area contributed by atoms with Gasteiger partial charge < -0.3 is 9.64 Å². The third-order valence-corrected chi connectivity index (χ3v) is 5.57. The summed E-state index contributed by atoms with van der Waals surface area (Å²) in [4.78, 5) is 4.58. The third-order valence-electron chi connectivity index (χ3n) is 5.57. The lowest BCUT2D eigenvalue weighted by atomic mass is 10.0. The molecule has 2 fully saturated rings. The first-order valence-electron chi connectivity index (χ1n) is 9.29. The highest BCUT2D eigenvalue weighted by atomic mass is 19.1. The molecular formula is C19H26FN5O. The second kappa shape index (κ2) is 7.32. The molecule has 26 heavy (non-hydrogen) atoms. The van der Waals surface area contributed by atoms with Crippen LogP contribution in [0.5, 0.6) is 0 Å². The van der Waals surface area contributed by atoms with Crippen molar-refractivity contribution in [2.24, 2.45) is 7.05 Å². The van der Waals surface area contributed by atoms with E-state index < -0.39 is 0 Å². The summed E-state index contributed by atoms with van der Waals surface area (Å²) >= 11 is 0. The second-order valence-electron chi connectivity index (χ2n) is 7.32. The van der Waals surface area contributed by atoms with E-state index in [2.05, 4.69) is 20.1 Å². The third kappa shape index (κ3) is 3.33. The van der Waals surface area contributed by atoms with Crippen LogP contribution in [0.25, 0.3) is 0 Å². The molecule has 7 heteroatoms. The molecule has 0 aliphatic carbocycles. The predicted molar refractivity (Wildman–Crippen MR) is 97.7 cm³/mol. The van der Waals surface area contributed by atoms with E-state index >= 15 is 0 Å². The van der Waals surface area contributed by atoms with Crippen molar-refractivity contribution in [2.45, 2.75) is 31.4 Å². The van der Waals surface area contributed by atoms with Crippen LogP contribution in [0.2, 0.25) is 0 Å². The molecule has 2 aliphatic rings. The molecule has 6 nitrogen and oxygen atoms in total. The van der Waals surface area contributed by atoms with E-state index in [9.17, 15) is 4.39 Å². The molecule has 1 aromatic carbocycles. The molecule has 3 heterocycles. The Morgan fingerprint density at radius 2 is 2.04 bits per heavy atom. The Bertz CT molecular complexity index is 758. The van der Waals surface area contributed by atoms with Gasteiger partial charge in [-0.1, -0.05) is 11.3 Å². The fourth-order valence-corrected chi connectivity index (χ4v) is 4.22. The molecule has 0 N–H and O–H groups in total. The van der Waals surface area contributed by atoms with Gasteiger partial charge in [0.1, 0.15) is 5.82 Å². The Labute approximate surface area is 153 Å². The van der Waals surface area contributed by atoms with Crippen LogP contribution >= 0.6 is 0 Å². The normalized spacial score (nSPS) is 23.9. The van der Waals surface area contributed by atoms with Gasteiger partial charge >= 0.3 is 0 Å². The molecule has 140 valence electrons. The van der Waals surface area contributed by atoms with Crippen molar-refractivity contribution in [2.75, 3.05) is 38.2 Å². The van der Waals surface area contributed by atoms with Crippen LogP contribution in [0.3, 0.4) is 0 Å². The SMILES string of the molecule is CO[C@@H]1CN(Cc2c(F)cccc2N2CCCC2)C[C@H]1c1cn(C)nn1. The van der Waals surface area contributed by atoms with Crippen molar-refractivity contribution in [3.8, 4) is 0 Å². The number of halogens is 1. The number of likely N-dealkylation sites (tertiary alicyclic amines) is 1. The highest BCUT2D eigenvalue weighted by molar-refractivity contribution is 5.55. The topological polar surface area (TPSA) is 46.4 Å². The largest absolute Gasteiger partial charge is 0.379 e. The lowest BCUT2D eigenvalue weighted by molar-refractivity contribution is 0.0956. The van der Waals surface area contributed by atoms with E-state index in [1.807, 2.05) is 25.4 Å². The van der Waals surface area contributed by atoms with E-state index in [0.717, 1.165) is 43.1 Å². The smallest absolute Gasteiger partial charge is 0.129 e. The van der Waals surface area contributed by atoms with E-state index in [4.69, 9.17) is 4.74 Å². The standard InChI is InChI=1S/C19H26FN5O/c1-23-12-17(21-22-23)15-11-24(13-19(15)26-2)10-14-16(20)6-5-7-18(14)25-8-3-4-9-25/h5-7,12,15,19H,3-4,8-11,13H2,1-2H3/t15-,19+/m0/s1. The number of anilines is 1. The minimum absolute atomic E-state index is 0.0497. The Kier molecular flexibility index (Phi) is 4.91. The molecule has 2 aliphatic heterocycles. The first kappa shape index (κ1) is 17.4. The number of hydrogen-bond acceptors (Lipinski definition) is 5. The van der Waals surface area contributed by atoms with Gasteiger partial charge in [0, 0.05) is 70.2 Å². The van der Waals surface area contributed by atoms with E-state index in [-0.39, 0.29) is 17.8 Å². The molecule has 0 amide bonds. The summed E-state index contributed by atoms with van der Waals surface area (Å²) in [5, 5.41) is 8.31. The molecule has 1 aromatic heterocycles. The summed E-state index contributed by atoms with van der Waals surface area (Å²) in [5.74, 6) is 0.0435. The average Bonchev–Trinajstić information content (AvgIpc) is 3.37. The molecule has 2 aromatic rings. The summed E-state index contributed by atoms with van der Waals surface area (Å²) in [5.41, 5.74) is 2.78. The summed E-state index contributed by atoms with van der Waals surface area (Å²) in [6.07, 6.45) is 4.35. The maximum Gasteiger partial charge on any atom is 0.129 e. The first-order chi connectivity index (χ1) is 12.7. The van der Waals surface area contributed by atoms with Crippen molar-refractivity contribution in [3.63, 3.8) is 0 Å². The van der Waals surface area contributed by atoms with Crippen molar-refractivity contribution in [1.82, 2.24) is 19.9 Å². The number of nitrogens with zero attached hydrogens (tertiary/aromatic N) is 5. The number of rotatable bonds is 5. The van der Waals surface area contributed by atoms with Gasteiger partial charge in [-0.3, -0.25) is 9.58 Å². The van der Waals surface area contributed by atoms with Crippen LogP contribution in [0.4, 0.5) is 10.1 Å². The molecule has 0 radical (unpaired) electrons. The zero-order valence-electron chi connectivity index (χ0n) is 15.4. The van der Waals surface area contributed by atoms with Crippen molar-refractivity contribution in [3.05, 3.63) is 41.5 Å². The Balaban J connectivity index is 1.54. The average molecular weight is 359 g/mol. The predicted octanol–water partition coefficient (Wildman–Crippen LogP) is 2.17. The lowest BCUT2D eigenvalue weighted by Gasteiger charge is -2.24. The van der Waals surface area contributed by atoms with Crippen LogP contribution in [0.15, 0.2) is 24.4 Å².